The average molecular weight is 581 g/mol. The van der Waals surface area contributed by atoms with E-state index in [-0.39, 0.29) is 5.91 Å². The Morgan fingerprint density at radius 1 is 1.00 bits per heavy atom. The first-order chi connectivity index (χ1) is 17.8. The molecule has 0 radical (unpaired) electrons. The van der Waals surface area contributed by atoms with Gasteiger partial charge in [0.25, 0.3) is 5.91 Å². The molecule has 1 amide bonds. The number of allylic oxidation sites excluding steroid dienone is 1. The molecular formula is C29H30BrN3O3S. The van der Waals surface area contributed by atoms with E-state index in [1.165, 1.54) is 5.56 Å². The molecule has 1 aliphatic heterocycles. The number of rotatable bonds is 8. The van der Waals surface area contributed by atoms with Crippen molar-refractivity contribution in [3.8, 4) is 11.5 Å². The van der Waals surface area contributed by atoms with Gasteiger partial charge >= 0.3 is 0 Å². The van der Waals surface area contributed by atoms with Crippen LogP contribution >= 0.6 is 28.1 Å². The van der Waals surface area contributed by atoms with E-state index in [1.807, 2.05) is 88.4 Å². The molecule has 4 rings (SSSR count). The van der Waals surface area contributed by atoms with Crippen LogP contribution in [0, 0.1) is 13.8 Å². The molecule has 3 aromatic carbocycles. The predicted molar refractivity (Wildman–Crippen MR) is 155 cm³/mol. The molecule has 3 aromatic rings. The van der Waals surface area contributed by atoms with Gasteiger partial charge in [0.15, 0.2) is 16.6 Å². The third kappa shape index (κ3) is 6.32. The number of anilines is 1. The molecular weight excluding hydrogens is 550 g/mol. The lowest BCUT2D eigenvalue weighted by Gasteiger charge is -2.31. The minimum atomic E-state index is -0.503. The topological polar surface area (TPSA) is 71.6 Å². The SMILES string of the molecule is CCOc1cc(C2NC(=S)NC(C)=C2C(=O)Nc2ccc(C)c(C)c2)c(Br)cc1OCc1ccccc1. The van der Waals surface area contributed by atoms with Crippen LogP contribution in [0.4, 0.5) is 5.69 Å². The highest BCUT2D eigenvalue weighted by molar-refractivity contribution is 9.10. The van der Waals surface area contributed by atoms with Gasteiger partial charge < -0.3 is 25.4 Å². The fraction of sp³-hybridized carbons (Fsp3) is 0.241. The summed E-state index contributed by atoms with van der Waals surface area (Å²) in [6.07, 6.45) is 0. The normalized spacial score (nSPS) is 15.1. The molecule has 0 aliphatic carbocycles. The number of halogens is 1. The van der Waals surface area contributed by atoms with E-state index in [0.29, 0.717) is 41.1 Å². The zero-order valence-electron chi connectivity index (χ0n) is 21.3. The average Bonchev–Trinajstić information content (AvgIpc) is 2.86. The lowest BCUT2D eigenvalue weighted by atomic mass is 9.94. The third-order valence-corrected chi connectivity index (χ3v) is 7.10. The Kier molecular flexibility index (Phi) is 8.51. The van der Waals surface area contributed by atoms with E-state index >= 15 is 0 Å². The van der Waals surface area contributed by atoms with Crippen LogP contribution in [-0.4, -0.2) is 17.6 Å². The van der Waals surface area contributed by atoms with Crippen molar-refractivity contribution < 1.29 is 14.3 Å². The van der Waals surface area contributed by atoms with Crippen LogP contribution in [0.3, 0.4) is 0 Å². The van der Waals surface area contributed by atoms with Crippen LogP contribution in [0.15, 0.2) is 76.4 Å². The second kappa shape index (κ2) is 11.8. The highest BCUT2D eigenvalue weighted by Crippen LogP contribution is 2.40. The van der Waals surface area contributed by atoms with Crippen LogP contribution in [0.5, 0.6) is 11.5 Å². The van der Waals surface area contributed by atoms with E-state index in [2.05, 4.69) is 31.9 Å². The number of carbonyl (C=O) groups is 1. The van der Waals surface area contributed by atoms with Crippen molar-refractivity contribution in [2.75, 3.05) is 11.9 Å². The Morgan fingerprint density at radius 2 is 1.73 bits per heavy atom. The Bertz CT molecular complexity index is 1360. The van der Waals surface area contributed by atoms with E-state index in [1.54, 1.807) is 0 Å². The zero-order chi connectivity index (χ0) is 26.5. The largest absolute Gasteiger partial charge is 0.490 e. The number of benzene rings is 3. The number of hydrogen-bond acceptors (Lipinski definition) is 4. The number of hydrogen-bond donors (Lipinski definition) is 3. The highest BCUT2D eigenvalue weighted by atomic mass is 79.9. The molecule has 0 aromatic heterocycles. The van der Waals surface area contributed by atoms with Crippen LogP contribution < -0.4 is 25.4 Å². The van der Waals surface area contributed by atoms with E-state index < -0.39 is 6.04 Å². The number of nitrogens with one attached hydrogen (secondary N) is 3. The van der Waals surface area contributed by atoms with Crippen molar-refractivity contribution in [1.29, 1.82) is 0 Å². The standard InChI is InChI=1S/C29H30BrN3O3S/c1-5-35-24-14-22(23(30)15-25(24)36-16-20-9-7-6-8-10-20)27-26(19(4)31-29(37)33-27)28(34)32-21-12-11-17(2)18(3)13-21/h6-15,27H,5,16H2,1-4H3,(H,32,34)(H2,31,33,37). The summed E-state index contributed by atoms with van der Waals surface area (Å²) in [4.78, 5) is 13.5. The van der Waals surface area contributed by atoms with Crippen LogP contribution in [-0.2, 0) is 11.4 Å². The highest BCUT2D eigenvalue weighted by Gasteiger charge is 2.32. The maximum absolute atomic E-state index is 13.5. The molecule has 0 saturated heterocycles. The Hall–Kier alpha value is -3.36. The molecule has 192 valence electrons. The number of thiocarbonyl (C=S) groups is 1. The predicted octanol–water partition coefficient (Wildman–Crippen LogP) is 6.48. The molecule has 1 unspecified atom stereocenters. The summed E-state index contributed by atoms with van der Waals surface area (Å²) in [5.41, 5.74) is 6.09. The fourth-order valence-corrected chi connectivity index (χ4v) is 4.96. The van der Waals surface area contributed by atoms with Crippen molar-refractivity contribution in [3.05, 3.63) is 98.7 Å². The summed E-state index contributed by atoms with van der Waals surface area (Å²) in [5, 5.41) is 9.84. The minimum Gasteiger partial charge on any atom is -0.490 e. The Morgan fingerprint density at radius 3 is 2.43 bits per heavy atom. The van der Waals surface area contributed by atoms with Gasteiger partial charge in [-0.2, -0.15) is 0 Å². The van der Waals surface area contributed by atoms with Gasteiger partial charge in [-0.05, 0) is 86.4 Å². The van der Waals surface area contributed by atoms with Gasteiger partial charge in [0.1, 0.15) is 6.61 Å². The zero-order valence-corrected chi connectivity index (χ0v) is 23.7. The smallest absolute Gasteiger partial charge is 0.255 e. The van der Waals surface area contributed by atoms with Gasteiger partial charge in [0.05, 0.1) is 18.2 Å². The lowest BCUT2D eigenvalue weighted by Crippen LogP contribution is -2.45. The molecule has 3 N–H and O–H groups in total. The molecule has 8 heteroatoms. The van der Waals surface area contributed by atoms with Gasteiger partial charge in [-0.15, -0.1) is 0 Å². The molecule has 37 heavy (non-hydrogen) atoms. The lowest BCUT2D eigenvalue weighted by molar-refractivity contribution is -0.113. The number of carbonyl (C=O) groups excluding carboxylic acids is 1. The molecule has 1 atom stereocenters. The third-order valence-electron chi connectivity index (χ3n) is 6.19. The molecule has 0 spiro atoms. The van der Waals surface area contributed by atoms with Gasteiger partial charge in [0, 0.05) is 15.9 Å². The molecule has 0 saturated carbocycles. The minimum absolute atomic E-state index is 0.220. The summed E-state index contributed by atoms with van der Waals surface area (Å²) in [6, 6.07) is 19.1. The molecule has 6 nitrogen and oxygen atoms in total. The van der Waals surface area contributed by atoms with Gasteiger partial charge in [0.2, 0.25) is 0 Å². The van der Waals surface area contributed by atoms with Gasteiger partial charge in [-0.3, -0.25) is 4.79 Å². The summed E-state index contributed by atoms with van der Waals surface area (Å²) in [7, 11) is 0. The van der Waals surface area contributed by atoms with Crippen molar-refractivity contribution in [2.24, 2.45) is 0 Å². The first kappa shape index (κ1) is 26.7. The second-order valence-corrected chi connectivity index (χ2v) is 10.1. The van der Waals surface area contributed by atoms with Crippen LogP contribution in [0.1, 0.15) is 42.1 Å². The number of amides is 1. The summed E-state index contributed by atoms with van der Waals surface area (Å²) >= 11 is 9.15. The number of ether oxygens (including phenoxy) is 2. The monoisotopic (exact) mass is 579 g/mol. The van der Waals surface area contributed by atoms with Crippen molar-refractivity contribution in [2.45, 2.75) is 40.3 Å². The Labute approximate surface area is 231 Å². The van der Waals surface area contributed by atoms with Crippen molar-refractivity contribution in [1.82, 2.24) is 10.6 Å². The van der Waals surface area contributed by atoms with Crippen LogP contribution in [0.25, 0.3) is 0 Å². The van der Waals surface area contributed by atoms with Crippen molar-refractivity contribution in [3.63, 3.8) is 0 Å². The van der Waals surface area contributed by atoms with Gasteiger partial charge in [-0.25, -0.2) is 0 Å². The van der Waals surface area contributed by atoms with Crippen LogP contribution in [0.2, 0.25) is 0 Å². The molecule has 1 aliphatic rings. The molecule has 0 fully saturated rings. The van der Waals surface area contributed by atoms with Crippen molar-refractivity contribution >= 4 is 44.9 Å². The fourth-order valence-electron chi connectivity index (χ4n) is 4.13. The maximum Gasteiger partial charge on any atom is 0.255 e. The summed E-state index contributed by atoms with van der Waals surface area (Å²) in [5.74, 6) is 0.983. The second-order valence-electron chi connectivity index (χ2n) is 8.85. The van der Waals surface area contributed by atoms with E-state index in [4.69, 9.17) is 21.7 Å². The van der Waals surface area contributed by atoms with E-state index in [0.717, 1.165) is 26.9 Å². The number of aryl methyl sites for hydroxylation is 2. The first-order valence-corrected chi connectivity index (χ1v) is 13.3. The Balaban J connectivity index is 1.67. The summed E-state index contributed by atoms with van der Waals surface area (Å²) in [6.45, 7) is 8.71. The first-order valence-electron chi connectivity index (χ1n) is 12.1. The maximum atomic E-state index is 13.5. The quantitative estimate of drug-likeness (QED) is 0.265. The molecule has 0 bridgehead atoms. The summed E-state index contributed by atoms with van der Waals surface area (Å²) < 4.78 is 12.8. The van der Waals surface area contributed by atoms with E-state index in [9.17, 15) is 4.79 Å². The molecule has 1 heterocycles. The van der Waals surface area contributed by atoms with Gasteiger partial charge in [-0.1, -0.05) is 52.3 Å².